The lowest BCUT2D eigenvalue weighted by Crippen LogP contribution is -2.37. The molecule has 1 fully saturated rings. The SMILES string of the molecule is CN(c1ccc(OCC(=O)NC2CCCCCC2)cc1)S(=O)(=O)c1ccccc1. The molecular weight excluding hydrogens is 388 g/mol. The van der Waals surface area contributed by atoms with Crippen molar-refractivity contribution in [3.63, 3.8) is 0 Å². The molecule has 0 bridgehead atoms. The highest BCUT2D eigenvalue weighted by atomic mass is 32.2. The van der Waals surface area contributed by atoms with Crippen molar-refractivity contribution in [3.8, 4) is 5.75 Å². The number of hydrogen-bond acceptors (Lipinski definition) is 4. The molecule has 0 aromatic heterocycles. The normalized spacial score (nSPS) is 15.3. The standard InChI is InChI=1S/C22H28N2O4S/c1-24(29(26,27)21-11-7-4-8-12-21)19-13-15-20(16-14-19)28-17-22(25)23-18-9-5-2-3-6-10-18/h4,7-8,11-16,18H,2-3,5-6,9-10,17H2,1H3,(H,23,25). The van der Waals surface area contributed by atoms with E-state index in [1.54, 1.807) is 54.6 Å². The Bertz CT molecular complexity index is 890. The van der Waals surface area contributed by atoms with Gasteiger partial charge in [0.1, 0.15) is 5.75 Å². The summed E-state index contributed by atoms with van der Waals surface area (Å²) in [6.07, 6.45) is 6.86. The maximum absolute atomic E-state index is 12.7. The highest BCUT2D eigenvalue weighted by Crippen LogP contribution is 2.24. The van der Waals surface area contributed by atoms with Gasteiger partial charge in [0, 0.05) is 13.1 Å². The van der Waals surface area contributed by atoms with E-state index in [0.717, 1.165) is 25.7 Å². The highest BCUT2D eigenvalue weighted by Gasteiger charge is 2.21. The molecular formula is C22H28N2O4S. The number of benzene rings is 2. The minimum Gasteiger partial charge on any atom is -0.484 e. The Balaban J connectivity index is 1.55. The van der Waals surface area contributed by atoms with E-state index in [2.05, 4.69) is 5.32 Å². The molecule has 0 unspecified atom stereocenters. The Kier molecular flexibility index (Phi) is 7.14. The van der Waals surface area contributed by atoms with Gasteiger partial charge in [0.05, 0.1) is 10.6 Å². The van der Waals surface area contributed by atoms with Gasteiger partial charge in [-0.05, 0) is 49.2 Å². The van der Waals surface area contributed by atoms with E-state index >= 15 is 0 Å². The van der Waals surface area contributed by atoms with Gasteiger partial charge in [0.25, 0.3) is 15.9 Å². The number of nitrogens with zero attached hydrogens (tertiary/aromatic N) is 1. The molecule has 1 N–H and O–H groups in total. The van der Waals surface area contributed by atoms with Crippen molar-refractivity contribution in [3.05, 3.63) is 54.6 Å². The molecule has 7 heteroatoms. The second-order valence-electron chi connectivity index (χ2n) is 7.32. The number of hydrogen-bond donors (Lipinski definition) is 1. The fraction of sp³-hybridized carbons (Fsp3) is 0.409. The van der Waals surface area contributed by atoms with E-state index in [1.807, 2.05) is 0 Å². The van der Waals surface area contributed by atoms with Crippen molar-refractivity contribution in [2.75, 3.05) is 18.0 Å². The Morgan fingerprint density at radius 1 is 1.00 bits per heavy atom. The summed E-state index contributed by atoms with van der Waals surface area (Å²) in [7, 11) is -2.11. The molecule has 0 radical (unpaired) electrons. The maximum Gasteiger partial charge on any atom is 0.264 e. The molecule has 1 aliphatic rings. The summed E-state index contributed by atoms with van der Waals surface area (Å²) in [5.74, 6) is 0.403. The largest absolute Gasteiger partial charge is 0.484 e. The highest BCUT2D eigenvalue weighted by molar-refractivity contribution is 7.92. The third kappa shape index (κ3) is 5.73. The molecule has 6 nitrogen and oxygen atoms in total. The van der Waals surface area contributed by atoms with Crippen LogP contribution in [0.2, 0.25) is 0 Å². The van der Waals surface area contributed by atoms with Gasteiger partial charge in [0.2, 0.25) is 0 Å². The molecule has 0 spiro atoms. The summed E-state index contributed by atoms with van der Waals surface area (Å²) < 4.78 is 32.2. The number of carbonyl (C=O) groups is 1. The smallest absolute Gasteiger partial charge is 0.264 e. The second kappa shape index (κ2) is 9.78. The Hall–Kier alpha value is -2.54. The third-order valence-corrected chi connectivity index (χ3v) is 6.99. The van der Waals surface area contributed by atoms with Gasteiger partial charge in [-0.15, -0.1) is 0 Å². The molecule has 1 aliphatic carbocycles. The van der Waals surface area contributed by atoms with Crippen LogP contribution in [-0.2, 0) is 14.8 Å². The number of carbonyl (C=O) groups excluding carboxylic acids is 1. The van der Waals surface area contributed by atoms with Crippen LogP contribution in [0.1, 0.15) is 38.5 Å². The summed E-state index contributed by atoms with van der Waals surface area (Å²) in [5.41, 5.74) is 0.518. The topological polar surface area (TPSA) is 75.7 Å². The van der Waals surface area contributed by atoms with E-state index in [9.17, 15) is 13.2 Å². The van der Waals surface area contributed by atoms with E-state index in [4.69, 9.17) is 4.74 Å². The number of rotatable bonds is 7. The molecule has 1 amide bonds. The first kappa shape index (κ1) is 21.2. The van der Waals surface area contributed by atoms with Gasteiger partial charge in [-0.3, -0.25) is 9.10 Å². The Morgan fingerprint density at radius 2 is 1.62 bits per heavy atom. The number of anilines is 1. The molecule has 1 saturated carbocycles. The zero-order valence-corrected chi connectivity index (χ0v) is 17.5. The van der Waals surface area contributed by atoms with E-state index < -0.39 is 10.0 Å². The minimum absolute atomic E-state index is 0.0476. The van der Waals surface area contributed by atoms with Crippen LogP contribution in [0.15, 0.2) is 59.5 Å². The van der Waals surface area contributed by atoms with Crippen molar-refractivity contribution >= 4 is 21.6 Å². The van der Waals surface area contributed by atoms with E-state index in [1.165, 1.54) is 24.2 Å². The van der Waals surface area contributed by atoms with Crippen LogP contribution in [0.4, 0.5) is 5.69 Å². The summed E-state index contributed by atoms with van der Waals surface area (Å²) in [5, 5.41) is 3.05. The van der Waals surface area contributed by atoms with Crippen LogP contribution in [0.5, 0.6) is 5.75 Å². The van der Waals surface area contributed by atoms with Crippen LogP contribution in [0, 0.1) is 0 Å². The number of ether oxygens (including phenoxy) is 1. The van der Waals surface area contributed by atoms with Crippen LogP contribution >= 0.6 is 0 Å². The fourth-order valence-electron chi connectivity index (χ4n) is 3.48. The predicted molar refractivity (Wildman–Crippen MR) is 114 cm³/mol. The minimum atomic E-state index is -3.62. The molecule has 2 aromatic carbocycles. The van der Waals surface area contributed by atoms with Crippen LogP contribution < -0.4 is 14.4 Å². The monoisotopic (exact) mass is 416 g/mol. The van der Waals surface area contributed by atoms with Gasteiger partial charge < -0.3 is 10.1 Å². The average Bonchev–Trinajstić information content (AvgIpc) is 3.01. The van der Waals surface area contributed by atoms with Gasteiger partial charge in [0.15, 0.2) is 6.61 Å². The molecule has 0 saturated heterocycles. The van der Waals surface area contributed by atoms with Crippen molar-refractivity contribution in [1.29, 1.82) is 0 Å². The van der Waals surface area contributed by atoms with Gasteiger partial charge in [-0.2, -0.15) is 0 Å². The summed E-state index contributed by atoms with van der Waals surface area (Å²) >= 11 is 0. The van der Waals surface area contributed by atoms with Crippen LogP contribution in [0.3, 0.4) is 0 Å². The Labute approximate surface area is 172 Å². The molecule has 156 valence electrons. The first-order valence-corrected chi connectivity index (χ1v) is 11.5. The molecule has 2 aromatic rings. The van der Waals surface area contributed by atoms with Gasteiger partial charge in [-0.1, -0.05) is 43.9 Å². The molecule has 3 rings (SSSR count). The lowest BCUT2D eigenvalue weighted by Gasteiger charge is -2.20. The number of amides is 1. The van der Waals surface area contributed by atoms with E-state index in [-0.39, 0.29) is 23.5 Å². The van der Waals surface area contributed by atoms with Crippen molar-refractivity contribution in [2.45, 2.75) is 49.5 Å². The molecule has 0 atom stereocenters. The van der Waals surface area contributed by atoms with E-state index in [0.29, 0.717) is 11.4 Å². The van der Waals surface area contributed by atoms with Crippen LogP contribution in [-0.4, -0.2) is 34.0 Å². The summed E-state index contributed by atoms with van der Waals surface area (Å²) in [6.45, 7) is -0.0476. The lowest BCUT2D eigenvalue weighted by atomic mass is 10.1. The lowest BCUT2D eigenvalue weighted by molar-refractivity contribution is -0.123. The Morgan fingerprint density at radius 3 is 2.24 bits per heavy atom. The van der Waals surface area contributed by atoms with Crippen molar-refractivity contribution < 1.29 is 17.9 Å². The van der Waals surface area contributed by atoms with Crippen LogP contribution in [0.25, 0.3) is 0 Å². The second-order valence-corrected chi connectivity index (χ2v) is 9.29. The molecule has 29 heavy (non-hydrogen) atoms. The average molecular weight is 417 g/mol. The molecule has 0 heterocycles. The van der Waals surface area contributed by atoms with Gasteiger partial charge >= 0.3 is 0 Å². The maximum atomic E-state index is 12.7. The number of sulfonamides is 1. The summed E-state index contributed by atoms with van der Waals surface area (Å²) in [6, 6.07) is 15.2. The number of nitrogens with one attached hydrogen (secondary N) is 1. The fourth-order valence-corrected chi connectivity index (χ4v) is 4.70. The predicted octanol–water partition coefficient (Wildman–Crippen LogP) is 3.73. The third-order valence-electron chi connectivity index (χ3n) is 5.19. The first-order valence-electron chi connectivity index (χ1n) is 10.0. The quantitative estimate of drug-likeness (QED) is 0.698. The zero-order valence-electron chi connectivity index (χ0n) is 16.7. The summed E-state index contributed by atoms with van der Waals surface area (Å²) in [4.78, 5) is 12.4. The first-order chi connectivity index (χ1) is 14.0. The van der Waals surface area contributed by atoms with Gasteiger partial charge in [-0.25, -0.2) is 8.42 Å². The van der Waals surface area contributed by atoms with Crippen molar-refractivity contribution in [1.82, 2.24) is 5.32 Å². The molecule has 0 aliphatic heterocycles. The van der Waals surface area contributed by atoms with Crippen molar-refractivity contribution in [2.24, 2.45) is 0 Å². The zero-order chi connectivity index (χ0) is 20.7.